The highest BCUT2D eigenvalue weighted by atomic mass is 16.5. The van der Waals surface area contributed by atoms with Crippen LogP contribution in [0, 0.1) is 0 Å². The third kappa shape index (κ3) is 3.65. The van der Waals surface area contributed by atoms with E-state index in [0.29, 0.717) is 0 Å². The quantitative estimate of drug-likeness (QED) is 0.472. The average Bonchev–Trinajstić information content (AvgIpc) is 2.56. The second-order valence-corrected chi connectivity index (χ2v) is 5.16. The Bertz CT molecular complexity index is 472. The van der Waals surface area contributed by atoms with E-state index in [-0.39, 0.29) is 11.9 Å². The van der Waals surface area contributed by atoms with E-state index in [1.807, 2.05) is 25.1 Å². The predicted octanol–water partition coefficient (Wildman–Crippen LogP) is 0.586. The number of hydrogen-bond acceptors (Lipinski definition) is 5. The van der Waals surface area contributed by atoms with Gasteiger partial charge in [0, 0.05) is 37.9 Å². The minimum Gasteiger partial charge on any atom is -0.497 e. The van der Waals surface area contributed by atoms with Crippen LogP contribution in [0.4, 0.5) is 5.69 Å². The molecule has 0 aliphatic carbocycles. The molecule has 1 saturated heterocycles. The molecule has 1 amide bonds. The van der Waals surface area contributed by atoms with Gasteiger partial charge >= 0.3 is 0 Å². The largest absolute Gasteiger partial charge is 0.497 e. The molecule has 116 valence electrons. The topological polar surface area (TPSA) is 70.8 Å². The number of carbonyl (C=O) groups is 1. The Balaban J connectivity index is 1.97. The first kappa shape index (κ1) is 15.6. The van der Waals surface area contributed by atoms with Crippen LogP contribution in [0.1, 0.15) is 13.3 Å². The second kappa shape index (κ2) is 7.28. The first-order valence-corrected chi connectivity index (χ1v) is 7.33. The number of nitrogens with one attached hydrogen (secondary N) is 1. The highest BCUT2D eigenvalue weighted by Crippen LogP contribution is 2.22. The lowest BCUT2D eigenvalue weighted by Gasteiger charge is -2.39. The summed E-state index contributed by atoms with van der Waals surface area (Å²) in [6, 6.07) is 7.93. The van der Waals surface area contributed by atoms with Gasteiger partial charge in [0.05, 0.1) is 13.2 Å². The van der Waals surface area contributed by atoms with Crippen LogP contribution in [0.5, 0.6) is 5.75 Å². The van der Waals surface area contributed by atoms with Crippen molar-refractivity contribution in [2.45, 2.75) is 19.4 Å². The van der Waals surface area contributed by atoms with E-state index in [4.69, 9.17) is 10.6 Å². The molecule has 0 radical (unpaired) electrons. The average molecular weight is 292 g/mol. The van der Waals surface area contributed by atoms with Crippen LogP contribution < -0.4 is 20.9 Å². The van der Waals surface area contributed by atoms with Crippen LogP contribution >= 0.6 is 0 Å². The zero-order chi connectivity index (χ0) is 15.2. The van der Waals surface area contributed by atoms with Crippen molar-refractivity contribution in [2.75, 3.05) is 38.2 Å². The number of nitrogens with zero attached hydrogens (tertiary/aromatic N) is 2. The van der Waals surface area contributed by atoms with Gasteiger partial charge in [-0.2, -0.15) is 0 Å². The van der Waals surface area contributed by atoms with Crippen molar-refractivity contribution >= 4 is 11.6 Å². The summed E-state index contributed by atoms with van der Waals surface area (Å²) in [5.41, 5.74) is 3.42. The van der Waals surface area contributed by atoms with Crippen molar-refractivity contribution in [3.63, 3.8) is 0 Å². The van der Waals surface area contributed by atoms with Crippen LogP contribution in [-0.2, 0) is 4.79 Å². The van der Waals surface area contributed by atoms with Gasteiger partial charge in [-0.15, -0.1) is 0 Å². The van der Waals surface area contributed by atoms with Gasteiger partial charge in [-0.05, 0) is 18.6 Å². The molecule has 1 fully saturated rings. The molecule has 0 spiro atoms. The van der Waals surface area contributed by atoms with E-state index in [9.17, 15) is 4.79 Å². The number of ether oxygens (including phenoxy) is 1. The Morgan fingerprint density at radius 3 is 2.67 bits per heavy atom. The Kier molecular flexibility index (Phi) is 5.41. The lowest BCUT2D eigenvalue weighted by molar-refractivity contribution is -0.126. The van der Waals surface area contributed by atoms with E-state index in [2.05, 4.69) is 21.3 Å². The number of hydrogen-bond donors (Lipinski definition) is 2. The molecule has 2 rings (SSSR count). The van der Waals surface area contributed by atoms with Crippen molar-refractivity contribution in [1.29, 1.82) is 0 Å². The number of rotatable bonds is 5. The van der Waals surface area contributed by atoms with Gasteiger partial charge in [-0.3, -0.25) is 15.1 Å². The normalized spacial score (nSPS) is 17.4. The standard InChI is InChI=1S/C15H24N4O2/c1-3-14(15(20)17-16)19-9-7-18(8-10-19)12-5-4-6-13(11-12)21-2/h4-6,11,14H,3,7-10,16H2,1-2H3,(H,17,20). The summed E-state index contributed by atoms with van der Waals surface area (Å²) in [7, 11) is 1.67. The van der Waals surface area contributed by atoms with E-state index in [1.165, 1.54) is 0 Å². The van der Waals surface area contributed by atoms with Crippen LogP contribution in [0.15, 0.2) is 24.3 Å². The van der Waals surface area contributed by atoms with Crippen LogP contribution in [0.25, 0.3) is 0 Å². The van der Waals surface area contributed by atoms with Crippen molar-refractivity contribution in [1.82, 2.24) is 10.3 Å². The first-order valence-electron chi connectivity index (χ1n) is 7.33. The number of hydrazine groups is 1. The summed E-state index contributed by atoms with van der Waals surface area (Å²) >= 11 is 0. The van der Waals surface area contributed by atoms with Gasteiger partial charge in [0.1, 0.15) is 5.75 Å². The fourth-order valence-corrected chi connectivity index (χ4v) is 2.80. The minimum absolute atomic E-state index is 0.104. The molecule has 1 aliphatic rings. The number of anilines is 1. The molecule has 6 nitrogen and oxygen atoms in total. The number of piperazine rings is 1. The van der Waals surface area contributed by atoms with Gasteiger partial charge in [0.2, 0.25) is 0 Å². The predicted molar refractivity (Wildman–Crippen MR) is 83.2 cm³/mol. The summed E-state index contributed by atoms with van der Waals surface area (Å²) in [5, 5.41) is 0. The van der Waals surface area contributed by atoms with Crippen molar-refractivity contribution in [2.24, 2.45) is 5.84 Å². The molecule has 1 atom stereocenters. The maximum Gasteiger partial charge on any atom is 0.251 e. The fourth-order valence-electron chi connectivity index (χ4n) is 2.80. The van der Waals surface area contributed by atoms with Crippen LogP contribution in [0.3, 0.4) is 0 Å². The highest BCUT2D eigenvalue weighted by Gasteiger charge is 2.27. The first-order chi connectivity index (χ1) is 10.2. The molecule has 0 saturated carbocycles. The third-order valence-corrected chi connectivity index (χ3v) is 4.01. The number of benzene rings is 1. The van der Waals surface area contributed by atoms with Gasteiger partial charge in [-0.1, -0.05) is 13.0 Å². The Hall–Kier alpha value is -1.79. The van der Waals surface area contributed by atoms with Crippen molar-refractivity contribution < 1.29 is 9.53 Å². The van der Waals surface area contributed by atoms with Gasteiger partial charge < -0.3 is 9.64 Å². The fraction of sp³-hybridized carbons (Fsp3) is 0.533. The highest BCUT2D eigenvalue weighted by molar-refractivity contribution is 5.81. The molecule has 1 unspecified atom stereocenters. The SMILES string of the molecule is CCC(C(=O)NN)N1CCN(c2cccc(OC)c2)CC1. The molecule has 21 heavy (non-hydrogen) atoms. The Labute approximate surface area is 125 Å². The van der Waals surface area contributed by atoms with E-state index in [0.717, 1.165) is 44.0 Å². The molecule has 1 aromatic carbocycles. The maximum absolute atomic E-state index is 11.8. The summed E-state index contributed by atoms with van der Waals surface area (Å²) in [5.74, 6) is 6.02. The van der Waals surface area contributed by atoms with E-state index >= 15 is 0 Å². The lowest BCUT2D eigenvalue weighted by Crippen LogP contribution is -2.55. The minimum atomic E-state index is -0.137. The Morgan fingerprint density at radius 1 is 1.38 bits per heavy atom. The molecule has 1 aromatic rings. The van der Waals surface area contributed by atoms with E-state index in [1.54, 1.807) is 7.11 Å². The van der Waals surface area contributed by atoms with Gasteiger partial charge in [0.25, 0.3) is 5.91 Å². The number of methoxy groups -OCH3 is 1. The zero-order valence-electron chi connectivity index (χ0n) is 12.7. The third-order valence-electron chi connectivity index (χ3n) is 4.01. The molecule has 1 aliphatic heterocycles. The molecule has 6 heteroatoms. The van der Waals surface area contributed by atoms with Gasteiger partial charge in [0.15, 0.2) is 0 Å². The monoisotopic (exact) mass is 292 g/mol. The second-order valence-electron chi connectivity index (χ2n) is 5.16. The van der Waals surface area contributed by atoms with Crippen LogP contribution in [-0.4, -0.2) is 50.1 Å². The molecule has 1 heterocycles. The summed E-state index contributed by atoms with van der Waals surface area (Å²) in [4.78, 5) is 16.3. The smallest absolute Gasteiger partial charge is 0.251 e. The van der Waals surface area contributed by atoms with Crippen LogP contribution in [0.2, 0.25) is 0 Å². The molecule has 3 N–H and O–H groups in total. The molecular formula is C15H24N4O2. The van der Waals surface area contributed by atoms with Gasteiger partial charge in [-0.25, -0.2) is 5.84 Å². The van der Waals surface area contributed by atoms with Crippen molar-refractivity contribution in [3.8, 4) is 5.75 Å². The summed E-state index contributed by atoms with van der Waals surface area (Å²) in [6.07, 6.45) is 0.766. The zero-order valence-corrected chi connectivity index (χ0v) is 12.7. The Morgan fingerprint density at radius 2 is 2.10 bits per heavy atom. The van der Waals surface area contributed by atoms with E-state index < -0.39 is 0 Å². The lowest BCUT2D eigenvalue weighted by atomic mass is 10.1. The number of nitrogens with two attached hydrogens (primary N) is 1. The number of carbonyl (C=O) groups excluding carboxylic acids is 1. The molecular weight excluding hydrogens is 268 g/mol. The summed E-state index contributed by atoms with van der Waals surface area (Å²) in [6.45, 7) is 5.49. The molecule has 0 bridgehead atoms. The molecule has 0 aromatic heterocycles. The maximum atomic E-state index is 11.8. The van der Waals surface area contributed by atoms with Crippen molar-refractivity contribution in [3.05, 3.63) is 24.3 Å². The number of amides is 1. The summed E-state index contributed by atoms with van der Waals surface area (Å²) < 4.78 is 5.26.